The van der Waals surface area contributed by atoms with Crippen molar-refractivity contribution >= 4 is 45.6 Å². The van der Waals surface area contributed by atoms with Gasteiger partial charge in [-0.1, -0.05) is 30.3 Å². The summed E-state index contributed by atoms with van der Waals surface area (Å²) in [6.07, 6.45) is 1.56. The van der Waals surface area contributed by atoms with Crippen molar-refractivity contribution < 1.29 is 14.2 Å². The summed E-state index contributed by atoms with van der Waals surface area (Å²) < 4.78 is 16.2. The van der Waals surface area contributed by atoms with Crippen LogP contribution >= 0.6 is 12.4 Å². The number of halogens is 1. The smallest absolute Gasteiger partial charge is 0.203 e. The molecule has 0 unspecified atom stereocenters. The van der Waals surface area contributed by atoms with Crippen LogP contribution in [0, 0.1) is 0 Å². The number of rotatable bonds is 5. The normalized spacial score (nSPS) is 10.4. The van der Waals surface area contributed by atoms with E-state index >= 15 is 0 Å². The highest BCUT2D eigenvalue weighted by Gasteiger charge is 2.14. The molecule has 6 nitrogen and oxygen atoms in total. The zero-order valence-electron chi connectivity index (χ0n) is 15.7. The Kier molecular flexibility index (Phi) is 5.70. The maximum absolute atomic E-state index is 5.42. The van der Waals surface area contributed by atoms with E-state index in [0.29, 0.717) is 23.1 Å². The number of fused-ring (bicyclic) bond motifs is 3. The van der Waals surface area contributed by atoms with E-state index in [9.17, 15) is 0 Å². The number of nitrogens with zero attached hydrogens (tertiary/aromatic N) is 2. The first kappa shape index (κ1) is 19.5. The first-order chi connectivity index (χ1) is 13.2. The van der Waals surface area contributed by atoms with Crippen LogP contribution in [0.2, 0.25) is 0 Å². The number of anilines is 2. The first-order valence-electron chi connectivity index (χ1n) is 8.44. The van der Waals surface area contributed by atoms with E-state index in [1.807, 2.05) is 30.3 Å². The van der Waals surface area contributed by atoms with Crippen molar-refractivity contribution in [2.45, 2.75) is 0 Å². The molecule has 0 aliphatic carbocycles. The molecule has 4 rings (SSSR count). The number of nitrogens with one attached hydrogen (secondary N) is 1. The molecule has 0 atom stereocenters. The fourth-order valence-electron chi connectivity index (χ4n) is 3.19. The van der Waals surface area contributed by atoms with Crippen LogP contribution in [0.1, 0.15) is 0 Å². The summed E-state index contributed by atoms with van der Waals surface area (Å²) in [6.45, 7) is 0. The van der Waals surface area contributed by atoms with Crippen molar-refractivity contribution in [1.82, 2.24) is 9.97 Å². The largest absolute Gasteiger partial charge is 0.493 e. The molecule has 0 aliphatic rings. The van der Waals surface area contributed by atoms with Crippen molar-refractivity contribution in [3.63, 3.8) is 0 Å². The molecule has 144 valence electrons. The molecule has 0 fully saturated rings. The molecular formula is C21H20ClN3O3. The van der Waals surface area contributed by atoms with Gasteiger partial charge in [0.1, 0.15) is 12.1 Å². The van der Waals surface area contributed by atoms with Crippen LogP contribution in [0.4, 0.5) is 11.5 Å². The van der Waals surface area contributed by atoms with E-state index in [1.54, 1.807) is 27.7 Å². The van der Waals surface area contributed by atoms with Gasteiger partial charge in [0.15, 0.2) is 11.5 Å². The van der Waals surface area contributed by atoms with Gasteiger partial charge in [0.2, 0.25) is 5.75 Å². The lowest BCUT2D eigenvalue weighted by molar-refractivity contribution is 0.324. The van der Waals surface area contributed by atoms with E-state index in [2.05, 4.69) is 33.5 Å². The van der Waals surface area contributed by atoms with E-state index in [4.69, 9.17) is 14.2 Å². The van der Waals surface area contributed by atoms with Crippen LogP contribution < -0.4 is 19.5 Å². The van der Waals surface area contributed by atoms with Crippen molar-refractivity contribution in [3.05, 3.63) is 54.9 Å². The Morgan fingerprint density at radius 3 is 2.18 bits per heavy atom. The summed E-state index contributed by atoms with van der Waals surface area (Å²) in [7, 11) is 4.76. The van der Waals surface area contributed by atoms with Crippen molar-refractivity contribution in [2.24, 2.45) is 0 Å². The molecule has 4 aromatic rings. The summed E-state index contributed by atoms with van der Waals surface area (Å²) in [5.74, 6) is 2.40. The predicted molar refractivity (Wildman–Crippen MR) is 114 cm³/mol. The SMILES string of the molecule is COc1cc(Nc2ncnc3c2ccc2ccccc23)cc(OC)c1OC.Cl. The van der Waals surface area contributed by atoms with E-state index in [1.165, 1.54) is 0 Å². The monoisotopic (exact) mass is 397 g/mol. The highest BCUT2D eigenvalue weighted by Crippen LogP contribution is 2.41. The fraction of sp³-hybridized carbons (Fsp3) is 0.143. The van der Waals surface area contributed by atoms with E-state index in [0.717, 1.165) is 27.4 Å². The Labute approximate surface area is 168 Å². The minimum atomic E-state index is 0. The molecule has 0 saturated heterocycles. The number of methoxy groups -OCH3 is 3. The van der Waals surface area contributed by atoms with Gasteiger partial charge in [0, 0.05) is 28.6 Å². The number of benzene rings is 3. The van der Waals surface area contributed by atoms with Crippen LogP contribution in [0.5, 0.6) is 17.2 Å². The van der Waals surface area contributed by atoms with Gasteiger partial charge in [0.05, 0.1) is 26.8 Å². The summed E-state index contributed by atoms with van der Waals surface area (Å²) in [4.78, 5) is 8.91. The number of hydrogen-bond donors (Lipinski definition) is 1. The van der Waals surface area contributed by atoms with Gasteiger partial charge in [-0.15, -0.1) is 12.4 Å². The van der Waals surface area contributed by atoms with E-state index in [-0.39, 0.29) is 12.4 Å². The molecule has 0 spiro atoms. The van der Waals surface area contributed by atoms with Crippen LogP contribution in [0.25, 0.3) is 21.7 Å². The standard InChI is InChI=1S/C21H19N3O3.ClH/c1-25-17-10-14(11-18(26-2)20(17)27-3)24-21-16-9-8-13-6-4-5-7-15(13)19(16)22-12-23-21;/h4-12H,1-3H3,(H,22,23,24);1H. The van der Waals surface area contributed by atoms with Gasteiger partial charge in [-0.2, -0.15) is 0 Å². The van der Waals surface area contributed by atoms with Gasteiger partial charge in [-0.3, -0.25) is 0 Å². The molecule has 3 aromatic carbocycles. The number of ether oxygens (including phenoxy) is 3. The third-order valence-electron chi connectivity index (χ3n) is 4.46. The maximum Gasteiger partial charge on any atom is 0.203 e. The average Bonchev–Trinajstić information content (AvgIpc) is 2.73. The van der Waals surface area contributed by atoms with Crippen molar-refractivity contribution in [1.29, 1.82) is 0 Å². The minimum absolute atomic E-state index is 0. The Balaban J connectivity index is 0.00000225. The lowest BCUT2D eigenvalue weighted by Gasteiger charge is -2.15. The van der Waals surface area contributed by atoms with Gasteiger partial charge in [-0.25, -0.2) is 9.97 Å². The van der Waals surface area contributed by atoms with Gasteiger partial charge in [0.25, 0.3) is 0 Å². The molecule has 28 heavy (non-hydrogen) atoms. The summed E-state index contributed by atoms with van der Waals surface area (Å²) in [5, 5.41) is 6.51. The van der Waals surface area contributed by atoms with Crippen molar-refractivity contribution in [2.75, 3.05) is 26.6 Å². The van der Waals surface area contributed by atoms with Crippen molar-refractivity contribution in [3.8, 4) is 17.2 Å². The zero-order valence-corrected chi connectivity index (χ0v) is 16.5. The molecule has 0 amide bonds. The minimum Gasteiger partial charge on any atom is -0.493 e. The fourth-order valence-corrected chi connectivity index (χ4v) is 3.19. The third kappa shape index (κ3) is 3.34. The molecule has 1 heterocycles. The van der Waals surface area contributed by atoms with Crippen LogP contribution in [0.15, 0.2) is 54.9 Å². The third-order valence-corrected chi connectivity index (χ3v) is 4.46. The Morgan fingerprint density at radius 1 is 0.786 bits per heavy atom. The molecule has 0 saturated carbocycles. The molecule has 1 N–H and O–H groups in total. The van der Waals surface area contributed by atoms with Crippen LogP contribution in [-0.4, -0.2) is 31.3 Å². The predicted octanol–water partition coefficient (Wildman–Crippen LogP) is 4.97. The van der Waals surface area contributed by atoms with Crippen LogP contribution in [0.3, 0.4) is 0 Å². The molecule has 0 aliphatic heterocycles. The molecule has 7 heteroatoms. The highest BCUT2D eigenvalue weighted by molar-refractivity contribution is 6.08. The summed E-state index contributed by atoms with van der Waals surface area (Å²) >= 11 is 0. The quantitative estimate of drug-likeness (QED) is 0.479. The Bertz CT molecular complexity index is 1110. The lowest BCUT2D eigenvalue weighted by atomic mass is 10.1. The topological polar surface area (TPSA) is 65.5 Å². The van der Waals surface area contributed by atoms with E-state index < -0.39 is 0 Å². The Morgan fingerprint density at radius 2 is 1.50 bits per heavy atom. The molecule has 0 bridgehead atoms. The molecule has 0 radical (unpaired) electrons. The molecule has 1 aromatic heterocycles. The second kappa shape index (κ2) is 8.19. The van der Waals surface area contributed by atoms with Gasteiger partial charge >= 0.3 is 0 Å². The van der Waals surface area contributed by atoms with Gasteiger partial charge in [-0.05, 0) is 11.5 Å². The highest BCUT2D eigenvalue weighted by atomic mass is 35.5. The second-order valence-corrected chi connectivity index (χ2v) is 5.94. The maximum atomic E-state index is 5.42. The zero-order chi connectivity index (χ0) is 18.8. The average molecular weight is 398 g/mol. The summed E-state index contributed by atoms with van der Waals surface area (Å²) in [5.41, 5.74) is 1.68. The van der Waals surface area contributed by atoms with Crippen LogP contribution in [-0.2, 0) is 0 Å². The second-order valence-electron chi connectivity index (χ2n) is 5.94. The van der Waals surface area contributed by atoms with Gasteiger partial charge < -0.3 is 19.5 Å². The summed E-state index contributed by atoms with van der Waals surface area (Å²) in [6, 6.07) is 15.9. The first-order valence-corrected chi connectivity index (χ1v) is 8.44. The Hall–Kier alpha value is -3.25. The molecular weight excluding hydrogens is 378 g/mol. The number of aromatic nitrogens is 2. The lowest BCUT2D eigenvalue weighted by Crippen LogP contribution is -2.00. The number of hydrogen-bond acceptors (Lipinski definition) is 6.